The highest BCUT2D eigenvalue weighted by molar-refractivity contribution is 8.00. The van der Waals surface area contributed by atoms with Crippen LogP contribution in [0.4, 0.5) is 4.39 Å². The second-order valence-corrected chi connectivity index (χ2v) is 4.54. The van der Waals surface area contributed by atoms with Gasteiger partial charge in [0.15, 0.2) is 0 Å². The van der Waals surface area contributed by atoms with E-state index in [2.05, 4.69) is 0 Å². The molecule has 1 saturated heterocycles. The molecule has 1 aliphatic heterocycles. The minimum atomic E-state index is -0.210. The van der Waals surface area contributed by atoms with Gasteiger partial charge in [-0.05, 0) is 12.1 Å². The van der Waals surface area contributed by atoms with E-state index in [0.717, 1.165) is 18.1 Å². The third-order valence-corrected chi connectivity index (χ3v) is 3.42. The third kappa shape index (κ3) is 1.92. The van der Waals surface area contributed by atoms with Gasteiger partial charge in [0.1, 0.15) is 5.82 Å². The van der Waals surface area contributed by atoms with Crippen LogP contribution in [0.2, 0.25) is 0 Å². The fourth-order valence-electron chi connectivity index (χ4n) is 1.31. The van der Waals surface area contributed by atoms with E-state index in [-0.39, 0.29) is 12.4 Å². The van der Waals surface area contributed by atoms with Crippen molar-refractivity contribution in [2.45, 2.75) is 16.7 Å². The summed E-state index contributed by atoms with van der Waals surface area (Å²) >= 11 is 1.65. The third-order valence-electron chi connectivity index (χ3n) is 2.18. The molecule has 4 heteroatoms. The van der Waals surface area contributed by atoms with Crippen LogP contribution in [0.25, 0.3) is 0 Å². The van der Waals surface area contributed by atoms with E-state index in [1.807, 2.05) is 6.07 Å². The minimum Gasteiger partial charge on any atom is -0.379 e. The van der Waals surface area contributed by atoms with Crippen LogP contribution in [0.15, 0.2) is 23.1 Å². The Balaban J connectivity index is 2.17. The molecule has 0 spiro atoms. The summed E-state index contributed by atoms with van der Waals surface area (Å²) in [5.74, 6) is -0.210. The highest BCUT2D eigenvalue weighted by Crippen LogP contribution is 2.31. The Morgan fingerprint density at radius 1 is 1.50 bits per heavy atom. The van der Waals surface area contributed by atoms with Gasteiger partial charge in [0.2, 0.25) is 0 Å². The molecule has 0 saturated carbocycles. The molecule has 1 heterocycles. The molecule has 0 aromatic heterocycles. The van der Waals surface area contributed by atoms with Crippen molar-refractivity contribution in [3.63, 3.8) is 0 Å². The normalized spacial score (nSPS) is 16.7. The van der Waals surface area contributed by atoms with Gasteiger partial charge in [0.25, 0.3) is 0 Å². The zero-order valence-corrected chi connectivity index (χ0v) is 8.52. The lowest BCUT2D eigenvalue weighted by Crippen LogP contribution is -2.30. The molecule has 2 N–H and O–H groups in total. The summed E-state index contributed by atoms with van der Waals surface area (Å²) in [4.78, 5) is 0.945. The van der Waals surface area contributed by atoms with Gasteiger partial charge in [-0.15, -0.1) is 11.8 Å². The number of benzene rings is 1. The lowest BCUT2D eigenvalue weighted by Gasteiger charge is -2.26. The topological polar surface area (TPSA) is 35.2 Å². The van der Waals surface area contributed by atoms with Crippen molar-refractivity contribution < 1.29 is 9.13 Å². The van der Waals surface area contributed by atoms with Gasteiger partial charge in [-0.2, -0.15) is 0 Å². The van der Waals surface area contributed by atoms with Crippen molar-refractivity contribution in [2.75, 3.05) is 13.2 Å². The fourth-order valence-corrected chi connectivity index (χ4v) is 2.48. The van der Waals surface area contributed by atoms with Gasteiger partial charge in [0.05, 0.1) is 18.5 Å². The van der Waals surface area contributed by atoms with Crippen molar-refractivity contribution in [3.05, 3.63) is 29.6 Å². The van der Waals surface area contributed by atoms with E-state index in [1.54, 1.807) is 17.8 Å². The largest absolute Gasteiger partial charge is 0.379 e. The zero-order chi connectivity index (χ0) is 9.97. The van der Waals surface area contributed by atoms with Crippen molar-refractivity contribution in [2.24, 2.45) is 5.73 Å². The summed E-state index contributed by atoms with van der Waals surface area (Å²) in [5, 5.41) is 0.460. The standard InChI is InChI=1S/C10H12FNOS/c11-9-2-1-3-10(8(9)4-12)14-7-5-13-6-7/h1-3,7H,4-6,12H2. The Kier molecular flexibility index (Phi) is 3.05. The monoisotopic (exact) mass is 213 g/mol. The predicted octanol–water partition coefficient (Wildman–Crippen LogP) is 1.78. The van der Waals surface area contributed by atoms with E-state index < -0.39 is 0 Å². The first-order chi connectivity index (χ1) is 6.81. The summed E-state index contributed by atoms with van der Waals surface area (Å²) in [6.45, 7) is 1.76. The quantitative estimate of drug-likeness (QED) is 0.831. The van der Waals surface area contributed by atoms with Crippen molar-refractivity contribution >= 4 is 11.8 Å². The van der Waals surface area contributed by atoms with Gasteiger partial charge in [-0.25, -0.2) is 4.39 Å². The summed E-state index contributed by atoms with van der Waals surface area (Å²) in [6.07, 6.45) is 0. The van der Waals surface area contributed by atoms with Crippen LogP contribution < -0.4 is 5.73 Å². The summed E-state index contributed by atoms with van der Waals surface area (Å²) in [5.41, 5.74) is 6.12. The predicted molar refractivity (Wildman–Crippen MR) is 54.8 cm³/mol. The first-order valence-corrected chi connectivity index (χ1v) is 5.41. The maximum absolute atomic E-state index is 13.3. The van der Waals surface area contributed by atoms with Crippen LogP contribution in [0.5, 0.6) is 0 Å². The molecule has 2 nitrogen and oxygen atoms in total. The maximum Gasteiger partial charge on any atom is 0.128 e. The zero-order valence-electron chi connectivity index (χ0n) is 7.70. The van der Waals surface area contributed by atoms with Crippen LogP contribution in [0.3, 0.4) is 0 Å². The second kappa shape index (κ2) is 4.29. The lowest BCUT2D eigenvalue weighted by atomic mass is 10.2. The highest BCUT2D eigenvalue weighted by atomic mass is 32.2. The summed E-state index contributed by atoms with van der Waals surface area (Å²) in [7, 11) is 0. The molecular weight excluding hydrogens is 201 g/mol. The Morgan fingerprint density at radius 3 is 2.86 bits per heavy atom. The molecule has 0 amide bonds. The molecule has 1 fully saturated rings. The number of rotatable bonds is 3. The lowest BCUT2D eigenvalue weighted by molar-refractivity contribution is 0.0455. The molecule has 76 valence electrons. The van der Waals surface area contributed by atoms with Gasteiger partial charge >= 0.3 is 0 Å². The van der Waals surface area contributed by atoms with Crippen molar-refractivity contribution in [3.8, 4) is 0 Å². The molecular formula is C10H12FNOS. The average molecular weight is 213 g/mol. The molecule has 0 atom stereocenters. The van der Waals surface area contributed by atoms with E-state index in [1.165, 1.54) is 6.07 Å². The van der Waals surface area contributed by atoms with E-state index in [9.17, 15) is 4.39 Å². The molecule has 2 rings (SSSR count). The van der Waals surface area contributed by atoms with Gasteiger partial charge in [0, 0.05) is 17.0 Å². The SMILES string of the molecule is NCc1c(F)cccc1SC1COC1. The van der Waals surface area contributed by atoms with E-state index in [4.69, 9.17) is 10.5 Å². The minimum absolute atomic E-state index is 0.210. The van der Waals surface area contributed by atoms with Crippen molar-refractivity contribution in [1.82, 2.24) is 0 Å². The van der Waals surface area contributed by atoms with Crippen LogP contribution in [-0.4, -0.2) is 18.5 Å². The first-order valence-electron chi connectivity index (χ1n) is 4.53. The molecule has 1 aromatic carbocycles. The molecule has 0 radical (unpaired) electrons. The summed E-state index contributed by atoms with van der Waals surface area (Å²) in [6, 6.07) is 5.08. The van der Waals surface area contributed by atoms with Gasteiger partial charge in [-0.3, -0.25) is 0 Å². The molecule has 1 aliphatic rings. The van der Waals surface area contributed by atoms with Crippen LogP contribution >= 0.6 is 11.8 Å². The maximum atomic E-state index is 13.3. The number of ether oxygens (including phenoxy) is 1. The van der Waals surface area contributed by atoms with E-state index in [0.29, 0.717) is 10.8 Å². The molecule has 0 unspecified atom stereocenters. The number of hydrogen-bond donors (Lipinski definition) is 1. The Bertz CT molecular complexity index is 328. The molecule has 1 aromatic rings. The average Bonchev–Trinajstić information content (AvgIpc) is 2.11. The van der Waals surface area contributed by atoms with Gasteiger partial charge < -0.3 is 10.5 Å². The van der Waals surface area contributed by atoms with Crippen LogP contribution in [0.1, 0.15) is 5.56 Å². The smallest absolute Gasteiger partial charge is 0.128 e. The molecule has 0 aliphatic carbocycles. The van der Waals surface area contributed by atoms with Crippen molar-refractivity contribution in [1.29, 1.82) is 0 Å². The fraction of sp³-hybridized carbons (Fsp3) is 0.400. The second-order valence-electron chi connectivity index (χ2n) is 3.20. The summed E-state index contributed by atoms with van der Waals surface area (Å²) < 4.78 is 18.4. The van der Waals surface area contributed by atoms with Crippen LogP contribution in [-0.2, 0) is 11.3 Å². The van der Waals surface area contributed by atoms with E-state index >= 15 is 0 Å². The van der Waals surface area contributed by atoms with Gasteiger partial charge in [-0.1, -0.05) is 6.07 Å². The highest BCUT2D eigenvalue weighted by Gasteiger charge is 2.21. The molecule has 0 bridgehead atoms. The number of thioether (sulfide) groups is 1. The Morgan fingerprint density at radius 2 is 2.29 bits per heavy atom. The number of halogens is 1. The number of hydrogen-bond acceptors (Lipinski definition) is 3. The van der Waals surface area contributed by atoms with Crippen LogP contribution in [0, 0.1) is 5.82 Å². The Hall–Kier alpha value is -0.580. The first kappa shape index (κ1) is 9.96. The molecule has 14 heavy (non-hydrogen) atoms. The Labute approximate surface area is 86.6 Å². The number of nitrogens with two attached hydrogens (primary N) is 1.